The van der Waals surface area contributed by atoms with Crippen LogP contribution in [-0.4, -0.2) is 18.8 Å². The molecule has 0 amide bonds. The number of rotatable bonds is 1. The first kappa shape index (κ1) is 12.5. The van der Waals surface area contributed by atoms with Gasteiger partial charge in [0, 0.05) is 0 Å². The van der Waals surface area contributed by atoms with Crippen molar-refractivity contribution in [2.24, 2.45) is 5.92 Å². The molecule has 0 bridgehead atoms. The van der Waals surface area contributed by atoms with E-state index in [-0.39, 0.29) is 0 Å². The lowest BCUT2D eigenvalue weighted by atomic mass is 9.85. The summed E-state index contributed by atoms with van der Waals surface area (Å²) in [5, 5.41) is 10.2. The Morgan fingerprint density at radius 2 is 2.13 bits per heavy atom. The largest absolute Gasteiger partial charge is 0.374 e. The van der Waals surface area contributed by atoms with E-state index in [4.69, 9.17) is 0 Å². The van der Waals surface area contributed by atoms with Crippen LogP contribution >= 0.6 is 0 Å². The van der Waals surface area contributed by atoms with Crippen LogP contribution in [0.3, 0.4) is 0 Å². The van der Waals surface area contributed by atoms with Crippen molar-refractivity contribution >= 4 is 8.07 Å². The third-order valence-corrected chi connectivity index (χ3v) is 3.59. The lowest BCUT2D eigenvalue weighted by molar-refractivity contribution is 0.127. The van der Waals surface area contributed by atoms with Crippen LogP contribution in [-0.2, 0) is 0 Å². The summed E-state index contributed by atoms with van der Waals surface area (Å²) < 4.78 is 0. The smallest absolute Gasteiger partial charge is 0.143 e. The molecule has 15 heavy (non-hydrogen) atoms. The Morgan fingerprint density at radius 1 is 1.47 bits per heavy atom. The predicted octanol–water partition coefficient (Wildman–Crippen LogP) is 2.97. The second-order valence-corrected chi connectivity index (χ2v) is 10.2. The summed E-state index contributed by atoms with van der Waals surface area (Å²) in [6.07, 6.45) is 7.04. The molecule has 1 nitrogen and oxygen atoms in total. The first-order valence-corrected chi connectivity index (χ1v) is 9.31. The molecule has 84 valence electrons. The maximum Gasteiger partial charge on any atom is 0.143 e. The van der Waals surface area contributed by atoms with Crippen molar-refractivity contribution in [2.45, 2.75) is 51.4 Å². The van der Waals surface area contributed by atoms with Crippen LogP contribution in [0.1, 0.15) is 26.2 Å². The third-order valence-electron chi connectivity index (χ3n) is 2.72. The van der Waals surface area contributed by atoms with Gasteiger partial charge >= 0.3 is 0 Å². The second kappa shape index (κ2) is 4.55. The number of aliphatic hydroxyl groups is 1. The van der Waals surface area contributed by atoms with Crippen molar-refractivity contribution in [1.29, 1.82) is 0 Å². The molecule has 2 atom stereocenters. The average Bonchev–Trinajstić information content (AvgIpc) is 2.16. The summed E-state index contributed by atoms with van der Waals surface area (Å²) in [5.41, 5.74) is 2.41. The minimum Gasteiger partial charge on any atom is -0.374 e. The summed E-state index contributed by atoms with van der Waals surface area (Å²) >= 11 is 0. The van der Waals surface area contributed by atoms with E-state index in [1.165, 1.54) is 0 Å². The van der Waals surface area contributed by atoms with Crippen LogP contribution in [0.15, 0.2) is 12.2 Å². The Kier molecular flexibility index (Phi) is 3.80. The molecule has 2 heteroatoms. The highest BCUT2D eigenvalue weighted by molar-refractivity contribution is 6.83. The first-order valence-electron chi connectivity index (χ1n) is 5.81. The summed E-state index contributed by atoms with van der Waals surface area (Å²) in [6.45, 7) is 8.79. The lowest BCUT2D eigenvalue weighted by Crippen LogP contribution is -2.29. The molecule has 0 saturated carbocycles. The highest BCUT2D eigenvalue weighted by atomic mass is 28.3. The minimum absolute atomic E-state index is 0.638. The van der Waals surface area contributed by atoms with Gasteiger partial charge in [-0.3, -0.25) is 0 Å². The molecule has 0 heterocycles. The number of hydrogen-bond donors (Lipinski definition) is 1. The van der Waals surface area contributed by atoms with Gasteiger partial charge < -0.3 is 5.11 Å². The van der Waals surface area contributed by atoms with Crippen LogP contribution in [0.4, 0.5) is 0 Å². The Labute approximate surface area is 94.6 Å². The van der Waals surface area contributed by atoms with Crippen LogP contribution in [0, 0.1) is 17.4 Å². The van der Waals surface area contributed by atoms with Gasteiger partial charge in [0.25, 0.3) is 0 Å². The molecular formula is C13H22OSi. The lowest BCUT2D eigenvalue weighted by Gasteiger charge is -2.26. The Bertz CT molecular complexity index is 303. The summed E-state index contributed by atoms with van der Waals surface area (Å²) in [5.74, 6) is 3.70. The van der Waals surface area contributed by atoms with Gasteiger partial charge in [0.05, 0.1) is 0 Å². The summed E-state index contributed by atoms with van der Waals surface area (Å²) in [4.78, 5) is 0. The second-order valence-electron chi connectivity index (χ2n) is 5.49. The van der Waals surface area contributed by atoms with E-state index in [1.54, 1.807) is 0 Å². The van der Waals surface area contributed by atoms with Gasteiger partial charge in [0.15, 0.2) is 0 Å². The maximum absolute atomic E-state index is 10.2. The van der Waals surface area contributed by atoms with Crippen molar-refractivity contribution < 1.29 is 5.11 Å². The standard InChI is InChI=1S/C13H22OSi/c1-5-12-6-8-13(14,9-7-12)10-11-15(2,3)4/h6,8,12,14H,5,7,9H2,1-4H3. The molecule has 1 aliphatic rings. The van der Waals surface area contributed by atoms with Crippen LogP contribution in [0.5, 0.6) is 0 Å². The number of hydrogen-bond acceptors (Lipinski definition) is 1. The molecule has 0 fully saturated rings. The van der Waals surface area contributed by atoms with Crippen molar-refractivity contribution in [3.8, 4) is 11.5 Å². The van der Waals surface area contributed by atoms with Crippen molar-refractivity contribution in [1.82, 2.24) is 0 Å². The quantitative estimate of drug-likeness (QED) is 0.411. The molecule has 1 rings (SSSR count). The van der Waals surface area contributed by atoms with Gasteiger partial charge in [-0.25, -0.2) is 0 Å². The van der Waals surface area contributed by atoms with Gasteiger partial charge in [-0.1, -0.05) is 38.6 Å². The zero-order chi connectivity index (χ0) is 11.5. The number of allylic oxidation sites excluding steroid dienone is 1. The molecule has 1 aliphatic carbocycles. The third kappa shape index (κ3) is 4.23. The zero-order valence-corrected chi connectivity index (χ0v) is 11.3. The fourth-order valence-corrected chi connectivity index (χ4v) is 2.21. The molecule has 1 N–H and O–H groups in total. The zero-order valence-electron chi connectivity index (χ0n) is 10.3. The van der Waals surface area contributed by atoms with E-state index in [0.717, 1.165) is 19.3 Å². The van der Waals surface area contributed by atoms with Gasteiger partial charge in [-0.15, -0.1) is 5.54 Å². The van der Waals surface area contributed by atoms with E-state index < -0.39 is 13.7 Å². The van der Waals surface area contributed by atoms with E-state index in [1.807, 2.05) is 6.08 Å². The SMILES string of the molecule is CCC1C=CC(O)(C#C[Si](C)(C)C)CC1. The van der Waals surface area contributed by atoms with E-state index in [9.17, 15) is 5.11 Å². The fraction of sp³-hybridized carbons (Fsp3) is 0.692. The molecule has 0 spiro atoms. The molecular weight excluding hydrogens is 200 g/mol. The molecule has 0 aromatic rings. The molecule has 2 unspecified atom stereocenters. The van der Waals surface area contributed by atoms with E-state index in [0.29, 0.717) is 5.92 Å². The highest BCUT2D eigenvalue weighted by Crippen LogP contribution is 2.27. The summed E-state index contributed by atoms with van der Waals surface area (Å²) in [6, 6.07) is 0. The van der Waals surface area contributed by atoms with E-state index >= 15 is 0 Å². The first-order chi connectivity index (χ1) is 6.85. The van der Waals surface area contributed by atoms with Crippen LogP contribution < -0.4 is 0 Å². The Balaban J connectivity index is 2.73. The Morgan fingerprint density at radius 3 is 2.53 bits per heavy atom. The topological polar surface area (TPSA) is 20.2 Å². The monoisotopic (exact) mass is 222 g/mol. The van der Waals surface area contributed by atoms with Crippen LogP contribution in [0.2, 0.25) is 19.6 Å². The fourth-order valence-electron chi connectivity index (χ4n) is 1.62. The maximum atomic E-state index is 10.2. The molecule has 0 aromatic heterocycles. The van der Waals surface area contributed by atoms with Gasteiger partial charge in [-0.05, 0) is 31.3 Å². The predicted molar refractivity (Wildman–Crippen MR) is 68.2 cm³/mol. The molecule has 0 aromatic carbocycles. The van der Waals surface area contributed by atoms with Crippen molar-refractivity contribution in [3.05, 3.63) is 12.2 Å². The van der Waals surface area contributed by atoms with Gasteiger partial charge in [0.2, 0.25) is 0 Å². The van der Waals surface area contributed by atoms with Gasteiger partial charge in [-0.2, -0.15) is 0 Å². The molecule has 0 saturated heterocycles. The van der Waals surface area contributed by atoms with Crippen molar-refractivity contribution in [2.75, 3.05) is 0 Å². The van der Waals surface area contributed by atoms with Crippen LogP contribution in [0.25, 0.3) is 0 Å². The Hall–Kier alpha value is -0.523. The molecule has 0 aliphatic heterocycles. The van der Waals surface area contributed by atoms with Gasteiger partial charge in [0.1, 0.15) is 13.7 Å². The summed E-state index contributed by atoms with van der Waals surface area (Å²) in [7, 11) is -1.37. The highest BCUT2D eigenvalue weighted by Gasteiger charge is 2.26. The minimum atomic E-state index is -1.37. The normalized spacial score (nSPS) is 30.9. The molecule has 0 radical (unpaired) electrons. The van der Waals surface area contributed by atoms with E-state index in [2.05, 4.69) is 44.1 Å². The van der Waals surface area contributed by atoms with Crippen molar-refractivity contribution in [3.63, 3.8) is 0 Å². The average molecular weight is 222 g/mol.